The van der Waals surface area contributed by atoms with Crippen molar-refractivity contribution in [3.63, 3.8) is 0 Å². The lowest BCUT2D eigenvalue weighted by molar-refractivity contribution is -0.145. The second-order valence-corrected chi connectivity index (χ2v) is 5.63. The predicted octanol–water partition coefficient (Wildman–Crippen LogP) is 0.0100. The second kappa shape index (κ2) is 9.24. The van der Waals surface area contributed by atoms with Gasteiger partial charge in [0.2, 0.25) is 5.91 Å². The fraction of sp³-hybridized carbons (Fsp3) is 0.529. The topological polar surface area (TPSA) is 96.9 Å². The lowest BCUT2D eigenvalue weighted by Gasteiger charge is -2.11. The van der Waals surface area contributed by atoms with Gasteiger partial charge >= 0.3 is 5.97 Å². The lowest BCUT2D eigenvalue weighted by atomic mass is 10.1. The standard InChI is InChI=1S/C17H24N2O5/c1-2-23-16(21)11-24-14-5-3-12(4-6-14)7-8-18-17(22)15-9-13(20)10-19-15/h3-6,13,15,19-20H,2,7-11H2,1H3,(H,18,22). The Morgan fingerprint density at radius 1 is 1.33 bits per heavy atom. The molecule has 0 aliphatic carbocycles. The molecule has 0 spiro atoms. The first-order valence-corrected chi connectivity index (χ1v) is 8.15. The highest BCUT2D eigenvalue weighted by Crippen LogP contribution is 2.12. The zero-order valence-corrected chi connectivity index (χ0v) is 13.8. The van der Waals surface area contributed by atoms with Gasteiger partial charge in [0.15, 0.2) is 6.61 Å². The zero-order chi connectivity index (χ0) is 17.4. The first-order chi connectivity index (χ1) is 11.6. The molecule has 0 bridgehead atoms. The third kappa shape index (κ3) is 5.82. The van der Waals surface area contributed by atoms with Crippen LogP contribution in [0.3, 0.4) is 0 Å². The summed E-state index contributed by atoms with van der Waals surface area (Å²) >= 11 is 0. The van der Waals surface area contributed by atoms with Crippen molar-refractivity contribution >= 4 is 11.9 Å². The van der Waals surface area contributed by atoms with E-state index in [-0.39, 0.29) is 18.6 Å². The highest BCUT2D eigenvalue weighted by Gasteiger charge is 2.27. The molecule has 132 valence electrons. The van der Waals surface area contributed by atoms with Crippen LogP contribution in [0, 0.1) is 0 Å². The number of benzene rings is 1. The Hall–Kier alpha value is -2.12. The third-order valence-electron chi connectivity index (χ3n) is 3.72. The zero-order valence-electron chi connectivity index (χ0n) is 13.8. The molecule has 0 aromatic heterocycles. The predicted molar refractivity (Wildman–Crippen MR) is 87.7 cm³/mol. The average Bonchev–Trinajstić information content (AvgIpc) is 3.01. The summed E-state index contributed by atoms with van der Waals surface area (Å²) in [5.41, 5.74) is 1.05. The van der Waals surface area contributed by atoms with E-state index >= 15 is 0 Å². The van der Waals surface area contributed by atoms with E-state index in [9.17, 15) is 14.7 Å². The second-order valence-electron chi connectivity index (χ2n) is 5.63. The van der Waals surface area contributed by atoms with Gasteiger partial charge in [0.25, 0.3) is 0 Å². The summed E-state index contributed by atoms with van der Waals surface area (Å²) < 4.78 is 10.1. The highest BCUT2D eigenvalue weighted by molar-refractivity contribution is 5.82. The maximum absolute atomic E-state index is 11.9. The molecule has 1 saturated heterocycles. The van der Waals surface area contributed by atoms with Crippen LogP contribution in [0.25, 0.3) is 0 Å². The molecular weight excluding hydrogens is 312 g/mol. The van der Waals surface area contributed by atoms with E-state index in [1.165, 1.54) is 0 Å². The summed E-state index contributed by atoms with van der Waals surface area (Å²) in [5, 5.41) is 15.2. The van der Waals surface area contributed by atoms with Crippen molar-refractivity contribution in [3.05, 3.63) is 29.8 Å². The van der Waals surface area contributed by atoms with Crippen LogP contribution in [0.4, 0.5) is 0 Å². The van der Waals surface area contributed by atoms with Gasteiger partial charge in [0.05, 0.1) is 18.8 Å². The number of aliphatic hydroxyl groups excluding tert-OH is 1. The fourth-order valence-electron chi connectivity index (χ4n) is 2.47. The van der Waals surface area contributed by atoms with Crippen LogP contribution in [-0.2, 0) is 20.7 Å². The van der Waals surface area contributed by atoms with E-state index < -0.39 is 12.1 Å². The Kier molecular flexibility index (Phi) is 7.02. The van der Waals surface area contributed by atoms with E-state index in [1.54, 1.807) is 19.1 Å². The lowest BCUT2D eigenvalue weighted by Crippen LogP contribution is -2.41. The minimum absolute atomic E-state index is 0.0825. The molecule has 7 nitrogen and oxygen atoms in total. The molecular formula is C17H24N2O5. The van der Waals surface area contributed by atoms with Crippen molar-refractivity contribution in [1.82, 2.24) is 10.6 Å². The number of hydrogen-bond donors (Lipinski definition) is 3. The van der Waals surface area contributed by atoms with Gasteiger partial charge in [-0.3, -0.25) is 4.79 Å². The monoisotopic (exact) mass is 336 g/mol. The van der Waals surface area contributed by atoms with E-state index in [4.69, 9.17) is 9.47 Å². The van der Waals surface area contributed by atoms with Gasteiger partial charge in [-0.1, -0.05) is 12.1 Å². The van der Waals surface area contributed by atoms with Gasteiger partial charge < -0.3 is 25.2 Å². The summed E-state index contributed by atoms with van der Waals surface area (Å²) in [4.78, 5) is 23.1. The normalized spacial score (nSPS) is 19.8. The van der Waals surface area contributed by atoms with Crippen molar-refractivity contribution in [2.24, 2.45) is 0 Å². The number of β-amino-alcohol motifs (C(OH)–C–C–N with tert-alkyl or cyclic N) is 1. The summed E-state index contributed by atoms with van der Waals surface area (Å²) in [5.74, 6) is 0.121. The Morgan fingerprint density at radius 2 is 2.08 bits per heavy atom. The summed E-state index contributed by atoms with van der Waals surface area (Å²) in [6, 6.07) is 7.05. The number of rotatable bonds is 8. The molecule has 7 heteroatoms. The van der Waals surface area contributed by atoms with E-state index in [2.05, 4.69) is 10.6 Å². The Bertz CT molecular complexity index is 546. The molecule has 1 heterocycles. The maximum Gasteiger partial charge on any atom is 0.344 e. The number of carbonyl (C=O) groups excluding carboxylic acids is 2. The number of esters is 1. The van der Waals surface area contributed by atoms with Crippen LogP contribution in [0.15, 0.2) is 24.3 Å². The highest BCUT2D eigenvalue weighted by atomic mass is 16.6. The number of aliphatic hydroxyl groups is 1. The van der Waals surface area contributed by atoms with Crippen molar-refractivity contribution in [2.75, 3.05) is 26.3 Å². The first kappa shape index (κ1) is 18.2. The van der Waals surface area contributed by atoms with Crippen molar-refractivity contribution < 1.29 is 24.2 Å². The smallest absolute Gasteiger partial charge is 0.344 e. The molecule has 1 aromatic rings. The minimum atomic E-state index is -0.442. The van der Waals surface area contributed by atoms with E-state index in [1.807, 2.05) is 12.1 Å². The molecule has 1 aliphatic heterocycles. The molecule has 1 aromatic carbocycles. The van der Waals surface area contributed by atoms with Gasteiger partial charge in [-0.25, -0.2) is 4.79 Å². The van der Waals surface area contributed by atoms with E-state index in [0.717, 1.165) is 5.56 Å². The van der Waals surface area contributed by atoms with Crippen LogP contribution in [-0.4, -0.2) is 55.4 Å². The van der Waals surface area contributed by atoms with Gasteiger partial charge in [0.1, 0.15) is 5.75 Å². The van der Waals surface area contributed by atoms with Crippen molar-refractivity contribution in [2.45, 2.75) is 31.9 Å². The Labute approximate surface area is 141 Å². The molecule has 0 saturated carbocycles. The van der Waals surface area contributed by atoms with Crippen LogP contribution in [0.1, 0.15) is 18.9 Å². The van der Waals surface area contributed by atoms with Crippen LogP contribution >= 0.6 is 0 Å². The molecule has 1 aliphatic rings. The molecule has 1 fully saturated rings. The van der Waals surface area contributed by atoms with Gasteiger partial charge in [0, 0.05) is 13.1 Å². The number of amides is 1. The molecule has 3 N–H and O–H groups in total. The summed E-state index contributed by atoms with van der Waals surface area (Å²) in [6.45, 7) is 2.96. The van der Waals surface area contributed by atoms with Gasteiger partial charge in [-0.05, 0) is 37.5 Å². The average molecular weight is 336 g/mol. The number of ether oxygens (including phenoxy) is 2. The molecule has 2 unspecified atom stereocenters. The van der Waals surface area contributed by atoms with Gasteiger partial charge in [-0.15, -0.1) is 0 Å². The van der Waals surface area contributed by atoms with Crippen LogP contribution in [0.2, 0.25) is 0 Å². The summed E-state index contributed by atoms with van der Waals surface area (Å²) in [7, 11) is 0. The molecule has 24 heavy (non-hydrogen) atoms. The van der Waals surface area contributed by atoms with Crippen molar-refractivity contribution in [1.29, 1.82) is 0 Å². The van der Waals surface area contributed by atoms with Crippen LogP contribution < -0.4 is 15.4 Å². The maximum atomic E-state index is 11.9. The number of hydrogen-bond acceptors (Lipinski definition) is 6. The summed E-state index contributed by atoms with van der Waals surface area (Å²) in [6.07, 6.45) is 0.709. The first-order valence-electron chi connectivity index (χ1n) is 8.15. The Balaban J connectivity index is 1.68. The van der Waals surface area contributed by atoms with Crippen LogP contribution in [0.5, 0.6) is 5.75 Å². The number of carbonyl (C=O) groups is 2. The SMILES string of the molecule is CCOC(=O)COc1ccc(CCNC(=O)C2CC(O)CN2)cc1. The van der Waals surface area contributed by atoms with Gasteiger partial charge in [-0.2, -0.15) is 0 Å². The molecule has 1 amide bonds. The third-order valence-corrected chi connectivity index (χ3v) is 3.72. The Morgan fingerprint density at radius 3 is 2.71 bits per heavy atom. The molecule has 2 rings (SSSR count). The fourth-order valence-corrected chi connectivity index (χ4v) is 2.47. The largest absolute Gasteiger partial charge is 0.482 e. The quantitative estimate of drug-likeness (QED) is 0.579. The minimum Gasteiger partial charge on any atom is -0.482 e. The van der Waals surface area contributed by atoms with E-state index in [0.29, 0.717) is 38.3 Å². The molecule has 0 radical (unpaired) electrons. The van der Waals surface area contributed by atoms with Crippen molar-refractivity contribution in [3.8, 4) is 5.75 Å². The number of nitrogens with one attached hydrogen (secondary N) is 2. The molecule has 2 atom stereocenters.